The van der Waals surface area contributed by atoms with Gasteiger partial charge in [-0.1, -0.05) is 12.1 Å². The van der Waals surface area contributed by atoms with Gasteiger partial charge in [0.1, 0.15) is 17.3 Å². The molecule has 0 spiro atoms. The highest BCUT2D eigenvalue weighted by Gasteiger charge is 2.32. The number of benzene rings is 1. The molecule has 0 saturated carbocycles. The minimum Gasteiger partial charge on any atom is -0.481 e. The molecule has 1 heterocycles. The Morgan fingerprint density at radius 2 is 1.83 bits per heavy atom. The van der Waals surface area contributed by atoms with Gasteiger partial charge in [0.15, 0.2) is 5.82 Å². The Hall–Kier alpha value is -2.71. The van der Waals surface area contributed by atoms with Crippen LogP contribution in [-0.2, 0) is 11.2 Å². The molecule has 0 aliphatic heterocycles. The fourth-order valence-corrected chi connectivity index (χ4v) is 1.84. The molecular formula is C14H8F5NO3. The summed E-state index contributed by atoms with van der Waals surface area (Å²) in [7, 11) is 0. The smallest absolute Gasteiger partial charge is 0.481 e. The molecule has 1 aromatic heterocycles. The molecule has 1 N–H and O–H groups in total. The van der Waals surface area contributed by atoms with Gasteiger partial charge in [-0.15, -0.1) is 13.2 Å². The number of nitrogens with zero attached hydrogens (tertiary/aromatic N) is 1. The molecule has 0 unspecified atom stereocenters. The molecule has 0 bridgehead atoms. The SMILES string of the molecule is O=C(O)Cc1nc(-c2ccccc2OC(F)(F)F)c(F)cc1F. The van der Waals surface area contributed by atoms with Crippen LogP contribution in [0.2, 0.25) is 0 Å². The molecule has 0 amide bonds. The minimum absolute atomic E-state index is 0.366. The lowest BCUT2D eigenvalue weighted by Crippen LogP contribution is -2.18. The lowest BCUT2D eigenvalue weighted by Gasteiger charge is -2.14. The fraction of sp³-hybridized carbons (Fsp3) is 0.143. The largest absolute Gasteiger partial charge is 0.573 e. The molecule has 122 valence electrons. The number of para-hydroxylation sites is 1. The fourth-order valence-electron chi connectivity index (χ4n) is 1.84. The third kappa shape index (κ3) is 4.15. The first kappa shape index (κ1) is 16.7. The second-order valence-corrected chi connectivity index (χ2v) is 4.36. The molecular weight excluding hydrogens is 325 g/mol. The van der Waals surface area contributed by atoms with Crippen LogP contribution in [0, 0.1) is 11.6 Å². The van der Waals surface area contributed by atoms with Crippen LogP contribution in [0.4, 0.5) is 22.0 Å². The van der Waals surface area contributed by atoms with E-state index in [9.17, 15) is 26.7 Å². The van der Waals surface area contributed by atoms with E-state index in [1.54, 1.807) is 0 Å². The molecule has 0 radical (unpaired) electrons. The lowest BCUT2D eigenvalue weighted by molar-refractivity contribution is -0.274. The third-order valence-corrected chi connectivity index (χ3v) is 2.69. The number of carbonyl (C=O) groups is 1. The van der Waals surface area contributed by atoms with Crippen molar-refractivity contribution in [3.8, 4) is 17.0 Å². The van der Waals surface area contributed by atoms with Crippen molar-refractivity contribution in [2.24, 2.45) is 0 Å². The van der Waals surface area contributed by atoms with Crippen molar-refractivity contribution < 1.29 is 36.6 Å². The van der Waals surface area contributed by atoms with Crippen LogP contribution in [-0.4, -0.2) is 22.4 Å². The number of hydrogen-bond acceptors (Lipinski definition) is 3. The van der Waals surface area contributed by atoms with Gasteiger partial charge in [-0.2, -0.15) is 0 Å². The van der Waals surface area contributed by atoms with Gasteiger partial charge in [0.05, 0.1) is 12.1 Å². The van der Waals surface area contributed by atoms with Crippen molar-refractivity contribution in [2.45, 2.75) is 12.8 Å². The predicted molar refractivity (Wildman–Crippen MR) is 67.6 cm³/mol. The first-order chi connectivity index (χ1) is 10.7. The molecule has 2 rings (SSSR count). The van der Waals surface area contributed by atoms with Crippen molar-refractivity contribution in [3.05, 3.63) is 47.7 Å². The van der Waals surface area contributed by atoms with E-state index in [-0.39, 0.29) is 5.56 Å². The summed E-state index contributed by atoms with van der Waals surface area (Å²) in [6, 6.07) is 4.92. The highest BCUT2D eigenvalue weighted by atomic mass is 19.4. The normalized spacial score (nSPS) is 11.3. The van der Waals surface area contributed by atoms with Crippen LogP contribution in [0.25, 0.3) is 11.3 Å². The van der Waals surface area contributed by atoms with Crippen LogP contribution in [0.5, 0.6) is 5.75 Å². The summed E-state index contributed by atoms with van der Waals surface area (Å²) in [4.78, 5) is 14.1. The van der Waals surface area contributed by atoms with Crippen LogP contribution in [0.1, 0.15) is 5.69 Å². The maximum atomic E-state index is 13.9. The predicted octanol–water partition coefficient (Wildman–Crippen LogP) is 3.55. The summed E-state index contributed by atoms with van der Waals surface area (Å²) in [5.41, 5.74) is -1.62. The summed E-state index contributed by atoms with van der Waals surface area (Å²) in [5.74, 6) is -4.61. The molecule has 23 heavy (non-hydrogen) atoms. The Morgan fingerprint density at radius 1 is 1.17 bits per heavy atom. The van der Waals surface area contributed by atoms with Crippen LogP contribution >= 0.6 is 0 Å². The maximum absolute atomic E-state index is 13.9. The Labute approximate surface area is 126 Å². The quantitative estimate of drug-likeness (QED) is 0.870. The van der Waals surface area contributed by atoms with Gasteiger partial charge >= 0.3 is 12.3 Å². The molecule has 0 fully saturated rings. The van der Waals surface area contributed by atoms with E-state index < -0.39 is 47.5 Å². The number of hydrogen-bond donors (Lipinski definition) is 1. The number of aromatic nitrogens is 1. The lowest BCUT2D eigenvalue weighted by atomic mass is 10.1. The van der Waals surface area contributed by atoms with Gasteiger partial charge in [0, 0.05) is 11.6 Å². The van der Waals surface area contributed by atoms with Gasteiger partial charge in [-0.25, -0.2) is 13.8 Å². The molecule has 9 heteroatoms. The molecule has 0 atom stereocenters. The first-order valence-corrected chi connectivity index (χ1v) is 6.09. The van der Waals surface area contributed by atoms with Gasteiger partial charge in [0.25, 0.3) is 0 Å². The second kappa shape index (κ2) is 6.19. The van der Waals surface area contributed by atoms with Crippen LogP contribution < -0.4 is 4.74 Å². The number of pyridine rings is 1. The van der Waals surface area contributed by atoms with Crippen molar-refractivity contribution >= 4 is 5.97 Å². The summed E-state index contributed by atoms with van der Waals surface area (Å²) < 4.78 is 68.3. The number of aliphatic carboxylic acids is 1. The summed E-state index contributed by atoms with van der Waals surface area (Å²) in [5, 5.41) is 8.66. The van der Waals surface area contributed by atoms with Gasteiger partial charge in [-0.05, 0) is 12.1 Å². The zero-order chi connectivity index (χ0) is 17.2. The molecule has 2 aromatic rings. The van der Waals surface area contributed by atoms with Crippen LogP contribution in [0.15, 0.2) is 30.3 Å². The Balaban J connectivity index is 2.56. The van der Waals surface area contributed by atoms with E-state index in [1.807, 2.05) is 0 Å². The maximum Gasteiger partial charge on any atom is 0.573 e. The van der Waals surface area contributed by atoms with Crippen LogP contribution in [0.3, 0.4) is 0 Å². The highest BCUT2D eigenvalue weighted by Crippen LogP contribution is 2.34. The van der Waals surface area contributed by atoms with E-state index >= 15 is 0 Å². The molecule has 1 aromatic carbocycles. The first-order valence-electron chi connectivity index (χ1n) is 6.09. The number of halogens is 5. The van der Waals surface area contributed by atoms with E-state index in [0.717, 1.165) is 12.1 Å². The van der Waals surface area contributed by atoms with E-state index in [4.69, 9.17) is 5.11 Å². The molecule has 0 aliphatic rings. The standard InChI is InChI=1S/C14H8F5NO3/c15-8-5-9(16)13(20-10(8)6-12(21)22)7-3-1-2-4-11(7)23-14(17,18)19/h1-5H,6H2,(H,21,22). The molecule has 0 saturated heterocycles. The van der Waals surface area contributed by atoms with Gasteiger partial charge in [0.2, 0.25) is 0 Å². The highest BCUT2D eigenvalue weighted by molar-refractivity contribution is 5.71. The Bertz CT molecular complexity index is 746. The number of rotatable bonds is 4. The summed E-state index contributed by atoms with van der Waals surface area (Å²) >= 11 is 0. The minimum atomic E-state index is -5.02. The van der Waals surface area contributed by atoms with Gasteiger partial charge in [-0.3, -0.25) is 4.79 Å². The van der Waals surface area contributed by atoms with Crippen molar-refractivity contribution in [3.63, 3.8) is 0 Å². The number of ether oxygens (including phenoxy) is 1. The second-order valence-electron chi connectivity index (χ2n) is 4.36. The number of carboxylic acid groups (broad SMARTS) is 1. The Kier molecular flexibility index (Phi) is 4.48. The molecule has 0 aliphatic carbocycles. The molecule has 4 nitrogen and oxygen atoms in total. The summed E-state index contributed by atoms with van der Waals surface area (Å²) in [6.45, 7) is 0. The van der Waals surface area contributed by atoms with E-state index in [2.05, 4.69) is 9.72 Å². The number of alkyl halides is 3. The van der Waals surface area contributed by atoms with E-state index in [0.29, 0.717) is 6.07 Å². The van der Waals surface area contributed by atoms with E-state index in [1.165, 1.54) is 12.1 Å². The summed E-state index contributed by atoms with van der Waals surface area (Å²) in [6.07, 6.45) is -5.86. The average Bonchev–Trinajstić information content (AvgIpc) is 2.40. The zero-order valence-electron chi connectivity index (χ0n) is 11.2. The van der Waals surface area contributed by atoms with Gasteiger partial charge < -0.3 is 9.84 Å². The number of carboxylic acids is 1. The third-order valence-electron chi connectivity index (χ3n) is 2.69. The van der Waals surface area contributed by atoms with Crippen molar-refractivity contribution in [1.29, 1.82) is 0 Å². The topological polar surface area (TPSA) is 59.4 Å². The van der Waals surface area contributed by atoms with Crippen molar-refractivity contribution in [1.82, 2.24) is 4.98 Å². The Morgan fingerprint density at radius 3 is 2.43 bits per heavy atom. The monoisotopic (exact) mass is 333 g/mol. The zero-order valence-corrected chi connectivity index (χ0v) is 11.2. The van der Waals surface area contributed by atoms with Crippen molar-refractivity contribution in [2.75, 3.05) is 0 Å². The average molecular weight is 333 g/mol.